The Kier molecular flexibility index (Phi) is 6.86. The van der Waals surface area contributed by atoms with E-state index in [4.69, 9.17) is 9.47 Å². The molecular weight excluding hydrogens is 396 g/mol. The highest BCUT2D eigenvalue weighted by Gasteiger charge is 2.48. The van der Waals surface area contributed by atoms with E-state index >= 15 is 0 Å². The summed E-state index contributed by atoms with van der Waals surface area (Å²) < 4.78 is 10.7. The summed E-state index contributed by atoms with van der Waals surface area (Å²) in [6, 6.07) is 4.54. The third-order valence-corrected chi connectivity index (χ3v) is 5.80. The van der Waals surface area contributed by atoms with Gasteiger partial charge in [-0.3, -0.25) is 14.5 Å². The van der Waals surface area contributed by atoms with Crippen molar-refractivity contribution in [3.05, 3.63) is 34.9 Å². The van der Waals surface area contributed by atoms with E-state index in [0.29, 0.717) is 26.1 Å². The van der Waals surface area contributed by atoms with Gasteiger partial charge < -0.3 is 14.8 Å². The number of benzene rings is 1. The van der Waals surface area contributed by atoms with Crippen molar-refractivity contribution in [2.75, 3.05) is 19.8 Å². The molecule has 0 aliphatic carbocycles. The van der Waals surface area contributed by atoms with Crippen LogP contribution in [0.25, 0.3) is 0 Å². The van der Waals surface area contributed by atoms with E-state index in [9.17, 15) is 14.4 Å². The Morgan fingerprint density at radius 3 is 2.39 bits per heavy atom. The topological polar surface area (TPSA) is 84.9 Å². The zero-order chi connectivity index (χ0) is 22.8. The maximum absolute atomic E-state index is 13.4. The summed E-state index contributed by atoms with van der Waals surface area (Å²) in [5.41, 5.74) is 0.119. The molecule has 0 radical (unpaired) electrons. The van der Waals surface area contributed by atoms with Gasteiger partial charge in [-0.15, -0.1) is 0 Å². The molecule has 1 aromatic rings. The lowest BCUT2D eigenvalue weighted by molar-refractivity contribution is 0.0306. The number of hydrogen-bond donors (Lipinski definition) is 1. The number of carbonyl (C=O) groups is 3. The van der Waals surface area contributed by atoms with Crippen LogP contribution in [-0.2, 0) is 9.47 Å². The lowest BCUT2D eigenvalue weighted by Crippen LogP contribution is -2.62. The lowest BCUT2D eigenvalue weighted by atomic mass is 9.79. The van der Waals surface area contributed by atoms with Crippen LogP contribution < -0.4 is 5.32 Å². The predicted molar refractivity (Wildman–Crippen MR) is 117 cm³/mol. The van der Waals surface area contributed by atoms with Crippen LogP contribution in [-0.4, -0.2) is 59.6 Å². The molecule has 1 saturated heterocycles. The van der Waals surface area contributed by atoms with Crippen LogP contribution >= 0.6 is 0 Å². The van der Waals surface area contributed by atoms with Gasteiger partial charge in [0.1, 0.15) is 6.61 Å². The molecule has 0 bridgehead atoms. The van der Waals surface area contributed by atoms with Crippen molar-refractivity contribution in [2.24, 2.45) is 0 Å². The summed E-state index contributed by atoms with van der Waals surface area (Å²) in [6.07, 6.45) is 3.29. The molecule has 2 aliphatic rings. The van der Waals surface area contributed by atoms with Gasteiger partial charge in [-0.25, -0.2) is 4.79 Å². The fourth-order valence-electron chi connectivity index (χ4n) is 4.88. The van der Waals surface area contributed by atoms with E-state index in [1.807, 2.05) is 0 Å². The van der Waals surface area contributed by atoms with E-state index in [-0.39, 0.29) is 46.3 Å². The van der Waals surface area contributed by atoms with Crippen molar-refractivity contribution < 1.29 is 23.9 Å². The minimum Gasteiger partial charge on any atom is -0.460 e. The molecule has 1 N–H and O–H groups in total. The summed E-state index contributed by atoms with van der Waals surface area (Å²) in [7, 11) is 0. The van der Waals surface area contributed by atoms with Crippen LogP contribution in [0.1, 0.15) is 91.4 Å². The number of esters is 1. The maximum Gasteiger partial charge on any atom is 0.339 e. The van der Waals surface area contributed by atoms with Gasteiger partial charge >= 0.3 is 5.97 Å². The van der Waals surface area contributed by atoms with Crippen molar-refractivity contribution in [1.29, 1.82) is 0 Å². The Hall–Kier alpha value is -2.25. The highest BCUT2D eigenvalue weighted by molar-refractivity contribution is 6.24. The first-order valence-electron chi connectivity index (χ1n) is 11.1. The van der Waals surface area contributed by atoms with Crippen LogP contribution in [0.3, 0.4) is 0 Å². The highest BCUT2D eigenvalue weighted by atomic mass is 16.6. The largest absolute Gasteiger partial charge is 0.460 e. The number of nitrogens with zero attached hydrogens (tertiary/aromatic N) is 1. The van der Waals surface area contributed by atoms with Crippen LogP contribution in [0, 0.1) is 0 Å². The Morgan fingerprint density at radius 2 is 1.74 bits per heavy atom. The van der Waals surface area contributed by atoms with Gasteiger partial charge in [0.2, 0.25) is 0 Å². The molecule has 2 amide bonds. The van der Waals surface area contributed by atoms with Gasteiger partial charge in [-0.2, -0.15) is 0 Å². The van der Waals surface area contributed by atoms with E-state index in [1.165, 1.54) is 4.90 Å². The molecule has 7 nitrogen and oxygen atoms in total. The van der Waals surface area contributed by atoms with Crippen molar-refractivity contribution in [3.8, 4) is 0 Å². The third-order valence-electron chi connectivity index (χ3n) is 5.80. The fourth-order valence-corrected chi connectivity index (χ4v) is 4.88. The molecule has 31 heavy (non-hydrogen) atoms. The highest BCUT2D eigenvalue weighted by Crippen LogP contribution is 2.36. The molecule has 0 aromatic heterocycles. The molecule has 2 aliphatic heterocycles. The SMILES string of the molecule is CCCCOCCOC(=O)c1cccc2c1C(=O)N(C1CC(C)(C)NC(C)(C)C1)C2=O. The number of amides is 2. The standard InChI is InChI=1S/C24H34N2O5/c1-6-7-11-30-12-13-31-22(29)18-10-8-9-17-19(18)21(28)26(20(17)27)16-14-23(2,3)25-24(4,5)15-16/h8-10,16,25H,6-7,11-15H2,1-5H3. The normalized spacial score (nSPS) is 20.1. The first-order valence-corrected chi connectivity index (χ1v) is 11.1. The predicted octanol–water partition coefficient (Wildman–Crippen LogP) is 3.57. The number of imide groups is 1. The first-order chi connectivity index (χ1) is 14.6. The molecule has 2 heterocycles. The Labute approximate surface area is 184 Å². The number of piperidine rings is 1. The second kappa shape index (κ2) is 9.09. The average Bonchev–Trinajstić information content (AvgIpc) is 2.92. The number of unbranched alkanes of at least 4 members (excludes halogenated alkanes) is 1. The Morgan fingerprint density at radius 1 is 1.06 bits per heavy atom. The molecule has 0 unspecified atom stereocenters. The Balaban J connectivity index is 1.77. The van der Waals surface area contributed by atoms with Crippen LogP contribution in [0.5, 0.6) is 0 Å². The summed E-state index contributed by atoms with van der Waals surface area (Å²) in [4.78, 5) is 40.5. The zero-order valence-electron chi connectivity index (χ0n) is 19.2. The molecule has 170 valence electrons. The monoisotopic (exact) mass is 430 g/mol. The molecule has 0 saturated carbocycles. The van der Waals surface area contributed by atoms with Gasteiger partial charge in [0.15, 0.2) is 0 Å². The van der Waals surface area contributed by atoms with E-state index < -0.39 is 11.9 Å². The molecular formula is C24H34N2O5. The molecule has 1 fully saturated rings. The summed E-state index contributed by atoms with van der Waals surface area (Å²) in [6.45, 7) is 11.4. The zero-order valence-corrected chi connectivity index (χ0v) is 19.2. The van der Waals surface area contributed by atoms with Crippen molar-refractivity contribution >= 4 is 17.8 Å². The summed E-state index contributed by atoms with van der Waals surface area (Å²) in [5, 5.41) is 3.57. The van der Waals surface area contributed by atoms with Gasteiger partial charge in [-0.1, -0.05) is 19.4 Å². The maximum atomic E-state index is 13.4. The van der Waals surface area contributed by atoms with Gasteiger partial charge in [0.05, 0.1) is 23.3 Å². The number of nitrogens with one attached hydrogen (secondary N) is 1. The van der Waals surface area contributed by atoms with E-state index in [0.717, 1.165) is 12.8 Å². The molecule has 0 spiro atoms. The molecule has 0 atom stereocenters. The first kappa shape index (κ1) is 23.4. The average molecular weight is 431 g/mol. The number of rotatable bonds is 8. The number of fused-ring (bicyclic) bond motifs is 1. The number of hydrogen-bond acceptors (Lipinski definition) is 6. The van der Waals surface area contributed by atoms with Gasteiger partial charge in [0.25, 0.3) is 11.8 Å². The number of ether oxygens (including phenoxy) is 2. The van der Waals surface area contributed by atoms with Crippen molar-refractivity contribution in [2.45, 2.75) is 77.4 Å². The fraction of sp³-hybridized carbons (Fsp3) is 0.625. The molecule has 1 aromatic carbocycles. The smallest absolute Gasteiger partial charge is 0.339 e. The lowest BCUT2D eigenvalue weighted by Gasteiger charge is -2.48. The minimum absolute atomic E-state index is 0.106. The van der Waals surface area contributed by atoms with E-state index in [2.05, 4.69) is 39.9 Å². The third kappa shape index (κ3) is 5.15. The molecule has 3 rings (SSSR count). The van der Waals surface area contributed by atoms with Crippen LogP contribution in [0.15, 0.2) is 18.2 Å². The second-order valence-corrected chi connectivity index (χ2v) is 9.77. The van der Waals surface area contributed by atoms with Gasteiger partial charge in [-0.05, 0) is 59.1 Å². The summed E-state index contributed by atoms with van der Waals surface area (Å²) in [5.74, 6) is -1.36. The van der Waals surface area contributed by atoms with E-state index in [1.54, 1.807) is 18.2 Å². The number of carbonyl (C=O) groups excluding carboxylic acids is 3. The summed E-state index contributed by atoms with van der Waals surface area (Å²) >= 11 is 0. The van der Waals surface area contributed by atoms with Crippen molar-refractivity contribution in [1.82, 2.24) is 10.2 Å². The second-order valence-electron chi connectivity index (χ2n) is 9.77. The quantitative estimate of drug-likeness (QED) is 0.386. The van der Waals surface area contributed by atoms with Crippen LogP contribution in [0.4, 0.5) is 0 Å². The minimum atomic E-state index is -0.607. The van der Waals surface area contributed by atoms with Crippen LogP contribution in [0.2, 0.25) is 0 Å². The van der Waals surface area contributed by atoms with Gasteiger partial charge in [0, 0.05) is 23.7 Å². The van der Waals surface area contributed by atoms with Crippen molar-refractivity contribution in [3.63, 3.8) is 0 Å². The Bertz CT molecular complexity index is 846. The molecule has 7 heteroatoms.